The SMILES string of the molecule is COCc1cc(C(=O)O)ccc1O. The van der Waals surface area contributed by atoms with Crippen molar-refractivity contribution in [3.8, 4) is 5.75 Å². The average Bonchev–Trinajstić information content (AvgIpc) is 2.08. The van der Waals surface area contributed by atoms with Crippen LogP contribution in [0.4, 0.5) is 0 Å². The number of carboxylic acid groups (broad SMARTS) is 1. The molecule has 0 saturated heterocycles. The standard InChI is InChI=1S/C9H10O4/c1-13-5-7-4-6(9(11)12)2-3-8(7)10/h2-4,10H,5H2,1H3,(H,11,12). The van der Waals surface area contributed by atoms with Crippen LogP contribution in [0.25, 0.3) is 0 Å². The maximum atomic E-state index is 10.5. The molecular weight excluding hydrogens is 172 g/mol. The third-order valence-corrected chi connectivity index (χ3v) is 1.63. The Bertz CT molecular complexity index is 319. The number of methoxy groups -OCH3 is 1. The number of aromatic hydroxyl groups is 1. The van der Waals surface area contributed by atoms with E-state index in [1.54, 1.807) is 0 Å². The molecule has 0 amide bonds. The van der Waals surface area contributed by atoms with Crippen molar-refractivity contribution >= 4 is 5.97 Å². The fraction of sp³-hybridized carbons (Fsp3) is 0.222. The van der Waals surface area contributed by atoms with Gasteiger partial charge in [0.1, 0.15) is 5.75 Å². The first kappa shape index (κ1) is 9.54. The Morgan fingerprint density at radius 1 is 1.54 bits per heavy atom. The van der Waals surface area contributed by atoms with Crippen LogP contribution in [0.2, 0.25) is 0 Å². The molecule has 13 heavy (non-hydrogen) atoms. The Labute approximate surface area is 75.4 Å². The molecule has 0 unspecified atom stereocenters. The van der Waals surface area contributed by atoms with Crippen LogP contribution in [-0.4, -0.2) is 23.3 Å². The van der Waals surface area contributed by atoms with E-state index in [1.165, 1.54) is 25.3 Å². The van der Waals surface area contributed by atoms with E-state index >= 15 is 0 Å². The van der Waals surface area contributed by atoms with Crippen molar-refractivity contribution in [1.29, 1.82) is 0 Å². The van der Waals surface area contributed by atoms with Crippen molar-refractivity contribution < 1.29 is 19.7 Å². The lowest BCUT2D eigenvalue weighted by atomic mass is 10.1. The van der Waals surface area contributed by atoms with Gasteiger partial charge in [-0.2, -0.15) is 0 Å². The van der Waals surface area contributed by atoms with Gasteiger partial charge in [0.15, 0.2) is 0 Å². The van der Waals surface area contributed by atoms with Gasteiger partial charge in [-0.25, -0.2) is 4.79 Å². The third kappa shape index (κ3) is 2.19. The Kier molecular flexibility index (Phi) is 2.87. The first-order chi connectivity index (χ1) is 6.15. The molecule has 0 aromatic heterocycles. The quantitative estimate of drug-likeness (QED) is 0.737. The number of hydrogen-bond donors (Lipinski definition) is 2. The second kappa shape index (κ2) is 3.91. The second-order valence-corrected chi connectivity index (χ2v) is 2.58. The zero-order valence-electron chi connectivity index (χ0n) is 7.15. The number of hydrogen-bond acceptors (Lipinski definition) is 3. The van der Waals surface area contributed by atoms with Crippen LogP contribution >= 0.6 is 0 Å². The molecule has 0 aliphatic heterocycles. The van der Waals surface area contributed by atoms with E-state index in [-0.39, 0.29) is 17.9 Å². The molecule has 4 nitrogen and oxygen atoms in total. The molecule has 0 aliphatic carbocycles. The fourth-order valence-electron chi connectivity index (χ4n) is 0.990. The van der Waals surface area contributed by atoms with E-state index in [0.29, 0.717) is 5.56 Å². The monoisotopic (exact) mass is 182 g/mol. The van der Waals surface area contributed by atoms with Gasteiger partial charge in [0.25, 0.3) is 0 Å². The summed E-state index contributed by atoms with van der Waals surface area (Å²) in [6.45, 7) is 0.201. The second-order valence-electron chi connectivity index (χ2n) is 2.58. The van der Waals surface area contributed by atoms with E-state index in [0.717, 1.165) is 0 Å². The lowest BCUT2D eigenvalue weighted by molar-refractivity contribution is 0.0696. The average molecular weight is 182 g/mol. The van der Waals surface area contributed by atoms with Gasteiger partial charge in [-0.1, -0.05) is 0 Å². The van der Waals surface area contributed by atoms with E-state index in [2.05, 4.69) is 0 Å². The summed E-state index contributed by atoms with van der Waals surface area (Å²) in [7, 11) is 1.48. The van der Waals surface area contributed by atoms with Crippen LogP contribution in [0.3, 0.4) is 0 Å². The summed E-state index contributed by atoms with van der Waals surface area (Å²) < 4.78 is 4.79. The summed E-state index contributed by atoms with van der Waals surface area (Å²) in [6, 6.07) is 4.08. The zero-order chi connectivity index (χ0) is 9.84. The molecule has 70 valence electrons. The normalized spacial score (nSPS) is 9.92. The minimum Gasteiger partial charge on any atom is -0.508 e. The molecule has 0 atom stereocenters. The van der Waals surface area contributed by atoms with Crippen LogP contribution in [0.5, 0.6) is 5.75 Å². The van der Waals surface area contributed by atoms with Gasteiger partial charge in [0, 0.05) is 12.7 Å². The molecule has 0 radical (unpaired) electrons. The summed E-state index contributed by atoms with van der Waals surface area (Å²) in [5.41, 5.74) is 0.618. The summed E-state index contributed by atoms with van der Waals surface area (Å²) in [6.07, 6.45) is 0. The smallest absolute Gasteiger partial charge is 0.335 e. The van der Waals surface area contributed by atoms with Crippen LogP contribution in [0.15, 0.2) is 18.2 Å². The lowest BCUT2D eigenvalue weighted by Crippen LogP contribution is -1.98. The van der Waals surface area contributed by atoms with Gasteiger partial charge in [0.05, 0.1) is 12.2 Å². The van der Waals surface area contributed by atoms with Crippen LogP contribution in [0.1, 0.15) is 15.9 Å². The molecule has 0 heterocycles. The molecule has 1 rings (SSSR count). The molecule has 1 aromatic carbocycles. The molecule has 0 spiro atoms. The summed E-state index contributed by atoms with van der Waals surface area (Å²) in [4.78, 5) is 10.5. The van der Waals surface area contributed by atoms with Gasteiger partial charge in [0.2, 0.25) is 0 Å². The molecule has 0 saturated carbocycles. The van der Waals surface area contributed by atoms with E-state index in [9.17, 15) is 9.90 Å². The molecule has 0 fully saturated rings. The number of benzene rings is 1. The topological polar surface area (TPSA) is 66.8 Å². The molecule has 0 bridgehead atoms. The van der Waals surface area contributed by atoms with Crippen LogP contribution in [0, 0.1) is 0 Å². The highest BCUT2D eigenvalue weighted by Gasteiger charge is 2.06. The maximum absolute atomic E-state index is 10.5. The third-order valence-electron chi connectivity index (χ3n) is 1.63. The minimum atomic E-state index is -1.02. The number of ether oxygens (including phenoxy) is 1. The Morgan fingerprint density at radius 2 is 2.23 bits per heavy atom. The first-order valence-corrected chi connectivity index (χ1v) is 3.69. The van der Waals surface area contributed by atoms with Crippen LogP contribution in [-0.2, 0) is 11.3 Å². The number of rotatable bonds is 3. The van der Waals surface area contributed by atoms with Crippen molar-refractivity contribution in [2.45, 2.75) is 6.61 Å². The summed E-state index contributed by atoms with van der Waals surface area (Å²) in [5.74, 6) is -0.968. The van der Waals surface area contributed by atoms with E-state index in [1.807, 2.05) is 0 Å². The Morgan fingerprint density at radius 3 is 2.77 bits per heavy atom. The molecule has 0 aliphatic rings. The van der Waals surface area contributed by atoms with Gasteiger partial charge < -0.3 is 14.9 Å². The number of phenols is 1. The Balaban J connectivity index is 3.03. The molecule has 2 N–H and O–H groups in total. The van der Waals surface area contributed by atoms with Crippen molar-refractivity contribution in [3.63, 3.8) is 0 Å². The maximum Gasteiger partial charge on any atom is 0.335 e. The van der Waals surface area contributed by atoms with Crippen molar-refractivity contribution in [3.05, 3.63) is 29.3 Å². The number of phenolic OH excluding ortho intramolecular Hbond substituents is 1. The summed E-state index contributed by atoms with van der Waals surface area (Å²) >= 11 is 0. The molecular formula is C9H10O4. The van der Waals surface area contributed by atoms with Gasteiger partial charge in [-0.15, -0.1) is 0 Å². The van der Waals surface area contributed by atoms with Gasteiger partial charge >= 0.3 is 5.97 Å². The minimum absolute atomic E-state index is 0.0480. The van der Waals surface area contributed by atoms with Crippen molar-refractivity contribution in [2.24, 2.45) is 0 Å². The highest BCUT2D eigenvalue weighted by Crippen LogP contribution is 2.19. The number of aromatic carboxylic acids is 1. The number of carboxylic acids is 1. The first-order valence-electron chi connectivity index (χ1n) is 3.69. The Hall–Kier alpha value is -1.55. The van der Waals surface area contributed by atoms with Crippen molar-refractivity contribution in [2.75, 3.05) is 7.11 Å². The largest absolute Gasteiger partial charge is 0.508 e. The fourth-order valence-corrected chi connectivity index (χ4v) is 0.990. The predicted molar refractivity (Wildman–Crippen MR) is 45.8 cm³/mol. The number of carbonyl (C=O) groups is 1. The van der Waals surface area contributed by atoms with Gasteiger partial charge in [-0.3, -0.25) is 0 Å². The molecule has 1 aromatic rings. The predicted octanol–water partition coefficient (Wildman–Crippen LogP) is 1.24. The lowest BCUT2D eigenvalue weighted by Gasteiger charge is -2.03. The van der Waals surface area contributed by atoms with Gasteiger partial charge in [-0.05, 0) is 18.2 Å². The van der Waals surface area contributed by atoms with Crippen molar-refractivity contribution in [1.82, 2.24) is 0 Å². The van der Waals surface area contributed by atoms with E-state index in [4.69, 9.17) is 9.84 Å². The molecule has 4 heteroatoms. The van der Waals surface area contributed by atoms with Crippen LogP contribution < -0.4 is 0 Å². The highest BCUT2D eigenvalue weighted by atomic mass is 16.5. The highest BCUT2D eigenvalue weighted by molar-refractivity contribution is 5.88. The van der Waals surface area contributed by atoms with E-state index < -0.39 is 5.97 Å². The zero-order valence-corrected chi connectivity index (χ0v) is 7.15. The summed E-state index contributed by atoms with van der Waals surface area (Å²) in [5, 5.41) is 17.9.